The van der Waals surface area contributed by atoms with Gasteiger partial charge in [0.05, 0.1) is 11.6 Å². The Morgan fingerprint density at radius 1 is 1.62 bits per heavy atom. The average molecular weight is 245 g/mol. The lowest BCUT2D eigenvalue weighted by molar-refractivity contribution is 0.0723. The summed E-state index contributed by atoms with van der Waals surface area (Å²) in [4.78, 5) is 17.0. The van der Waals surface area contributed by atoms with Crippen LogP contribution in [0.2, 0.25) is 5.02 Å². The number of likely N-dealkylation sites (N-methyl/N-ethyl adjacent to an activating group) is 1. The minimum atomic E-state index is -0.448. The summed E-state index contributed by atoms with van der Waals surface area (Å²) in [5, 5.41) is 18.4. The number of amides is 1. The van der Waals surface area contributed by atoms with Gasteiger partial charge in [-0.25, -0.2) is 4.98 Å². The predicted molar refractivity (Wildman–Crippen MR) is 59.6 cm³/mol. The van der Waals surface area contributed by atoms with Crippen LogP contribution in [0.1, 0.15) is 17.4 Å². The van der Waals surface area contributed by atoms with Crippen LogP contribution in [0.3, 0.4) is 0 Å². The van der Waals surface area contributed by atoms with Gasteiger partial charge in [-0.1, -0.05) is 11.6 Å². The highest BCUT2D eigenvalue weighted by atomic mass is 35.5. The molecule has 0 fully saturated rings. The lowest BCUT2D eigenvalue weighted by Crippen LogP contribution is -2.33. The number of nitrogens with zero attached hydrogens (tertiary/aromatic N) is 2. The van der Waals surface area contributed by atoms with Gasteiger partial charge in [-0.3, -0.25) is 4.79 Å². The Labute approximate surface area is 98.3 Å². The minimum Gasteiger partial charge on any atom is -0.504 e. The van der Waals surface area contributed by atoms with Gasteiger partial charge in [0.15, 0.2) is 11.4 Å². The van der Waals surface area contributed by atoms with Crippen LogP contribution < -0.4 is 0 Å². The van der Waals surface area contributed by atoms with Crippen LogP contribution >= 0.6 is 11.6 Å². The molecule has 0 radical (unpaired) electrons. The third-order valence-electron chi connectivity index (χ3n) is 2.12. The molecule has 2 N–H and O–H groups in total. The lowest BCUT2D eigenvalue weighted by atomic mass is 10.3. The fourth-order valence-corrected chi connectivity index (χ4v) is 1.41. The Morgan fingerprint density at radius 3 is 2.88 bits per heavy atom. The van der Waals surface area contributed by atoms with Crippen LogP contribution in [0.4, 0.5) is 0 Å². The van der Waals surface area contributed by atoms with E-state index in [0.29, 0.717) is 6.54 Å². The first kappa shape index (κ1) is 12.7. The van der Waals surface area contributed by atoms with E-state index in [1.54, 1.807) is 6.92 Å². The fraction of sp³-hybridized carbons (Fsp3) is 0.400. The van der Waals surface area contributed by atoms with E-state index in [9.17, 15) is 9.90 Å². The number of hydrogen-bond acceptors (Lipinski definition) is 4. The van der Waals surface area contributed by atoms with Crippen molar-refractivity contribution in [2.75, 3.05) is 19.7 Å². The number of aliphatic hydroxyl groups excluding tert-OH is 1. The van der Waals surface area contributed by atoms with Crippen molar-refractivity contribution in [2.24, 2.45) is 0 Å². The molecule has 0 bridgehead atoms. The summed E-state index contributed by atoms with van der Waals surface area (Å²) >= 11 is 5.67. The summed E-state index contributed by atoms with van der Waals surface area (Å²) in [6.45, 7) is 2.26. The van der Waals surface area contributed by atoms with E-state index in [0.717, 1.165) is 0 Å². The van der Waals surface area contributed by atoms with E-state index in [2.05, 4.69) is 4.98 Å². The molecule has 0 saturated heterocycles. The maximum Gasteiger partial charge on any atom is 0.276 e. The highest BCUT2D eigenvalue weighted by molar-refractivity contribution is 6.32. The Balaban J connectivity index is 2.99. The molecular weight excluding hydrogens is 232 g/mol. The third-order valence-corrected chi connectivity index (χ3v) is 2.42. The number of carbonyl (C=O) groups is 1. The Kier molecular flexibility index (Phi) is 4.52. The lowest BCUT2D eigenvalue weighted by Gasteiger charge is -2.19. The molecule has 1 amide bonds. The standard InChI is InChI=1S/C10H13ClN2O3/c1-2-13(5-6-14)10(16)8-9(15)7(11)3-4-12-8/h3-4,14-15H,2,5-6H2,1H3. The zero-order chi connectivity index (χ0) is 12.1. The molecule has 0 aromatic carbocycles. The van der Waals surface area contributed by atoms with Crippen LogP contribution in [-0.2, 0) is 0 Å². The maximum absolute atomic E-state index is 11.9. The van der Waals surface area contributed by atoms with Crippen molar-refractivity contribution in [3.8, 4) is 5.75 Å². The Morgan fingerprint density at radius 2 is 2.31 bits per heavy atom. The van der Waals surface area contributed by atoms with Gasteiger partial charge >= 0.3 is 0 Å². The molecule has 0 unspecified atom stereocenters. The molecule has 16 heavy (non-hydrogen) atoms. The van der Waals surface area contributed by atoms with E-state index in [1.807, 2.05) is 0 Å². The number of aromatic nitrogens is 1. The zero-order valence-corrected chi connectivity index (χ0v) is 9.61. The number of pyridine rings is 1. The summed E-state index contributed by atoms with van der Waals surface area (Å²) in [5.74, 6) is -0.776. The summed E-state index contributed by atoms with van der Waals surface area (Å²) in [5.41, 5.74) is -0.0946. The monoisotopic (exact) mass is 244 g/mol. The molecule has 0 aliphatic heterocycles. The van der Waals surface area contributed by atoms with Gasteiger partial charge in [0.25, 0.3) is 5.91 Å². The van der Waals surface area contributed by atoms with Crippen LogP contribution in [0, 0.1) is 0 Å². The van der Waals surface area contributed by atoms with E-state index in [1.165, 1.54) is 17.2 Å². The number of aliphatic hydroxyl groups is 1. The van der Waals surface area contributed by atoms with Gasteiger partial charge in [0.1, 0.15) is 0 Å². The normalized spacial score (nSPS) is 10.2. The molecule has 5 nitrogen and oxygen atoms in total. The molecule has 1 aromatic heterocycles. The first-order valence-electron chi connectivity index (χ1n) is 4.85. The van der Waals surface area contributed by atoms with Crippen LogP contribution in [0.25, 0.3) is 0 Å². The average Bonchev–Trinajstić information content (AvgIpc) is 2.29. The summed E-state index contributed by atoms with van der Waals surface area (Å²) in [6.07, 6.45) is 1.35. The first-order valence-corrected chi connectivity index (χ1v) is 5.23. The maximum atomic E-state index is 11.9. The zero-order valence-electron chi connectivity index (χ0n) is 8.85. The van der Waals surface area contributed by atoms with Gasteiger partial charge in [-0.15, -0.1) is 0 Å². The summed E-state index contributed by atoms with van der Waals surface area (Å²) in [6, 6.07) is 1.40. The predicted octanol–water partition coefficient (Wildman–Crippen LogP) is 0.895. The number of hydrogen-bond donors (Lipinski definition) is 2. The highest BCUT2D eigenvalue weighted by Crippen LogP contribution is 2.25. The number of carbonyl (C=O) groups excluding carboxylic acids is 1. The molecular formula is C10H13ClN2O3. The number of halogens is 1. The van der Waals surface area contributed by atoms with Crippen molar-refractivity contribution < 1.29 is 15.0 Å². The van der Waals surface area contributed by atoms with Crippen molar-refractivity contribution in [2.45, 2.75) is 6.92 Å². The second-order valence-electron chi connectivity index (χ2n) is 3.10. The second-order valence-corrected chi connectivity index (χ2v) is 3.51. The van der Waals surface area contributed by atoms with E-state index in [-0.39, 0.29) is 29.6 Å². The van der Waals surface area contributed by atoms with E-state index >= 15 is 0 Å². The quantitative estimate of drug-likeness (QED) is 0.825. The molecule has 0 saturated carbocycles. The van der Waals surface area contributed by atoms with E-state index in [4.69, 9.17) is 16.7 Å². The van der Waals surface area contributed by atoms with Crippen LogP contribution in [0.5, 0.6) is 5.75 Å². The summed E-state index contributed by atoms with van der Waals surface area (Å²) < 4.78 is 0. The van der Waals surface area contributed by atoms with Gasteiger partial charge in [-0.05, 0) is 13.0 Å². The second kappa shape index (κ2) is 5.67. The van der Waals surface area contributed by atoms with Crippen molar-refractivity contribution in [3.05, 3.63) is 23.0 Å². The van der Waals surface area contributed by atoms with Crippen molar-refractivity contribution in [1.29, 1.82) is 0 Å². The molecule has 0 aliphatic rings. The van der Waals surface area contributed by atoms with Crippen molar-refractivity contribution >= 4 is 17.5 Å². The summed E-state index contributed by atoms with van der Waals surface area (Å²) in [7, 11) is 0. The Bertz CT molecular complexity index is 384. The first-order chi connectivity index (χ1) is 7.61. The topological polar surface area (TPSA) is 73.7 Å². The number of aromatic hydroxyl groups is 1. The van der Waals surface area contributed by atoms with Gasteiger partial charge in [-0.2, -0.15) is 0 Å². The Hall–Kier alpha value is -1.33. The molecule has 1 heterocycles. The molecule has 0 aliphatic carbocycles. The fourth-order valence-electron chi connectivity index (χ4n) is 1.26. The largest absolute Gasteiger partial charge is 0.504 e. The molecule has 6 heteroatoms. The molecule has 0 spiro atoms. The van der Waals surface area contributed by atoms with Gasteiger partial charge in [0, 0.05) is 19.3 Å². The number of rotatable bonds is 4. The van der Waals surface area contributed by atoms with Crippen LogP contribution in [-0.4, -0.2) is 45.7 Å². The van der Waals surface area contributed by atoms with Crippen molar-refractivity contribution in [3.63, 3.8) is 0 Å². The molecule has 0 atom stereocenters. The minimum absolute atomic E-state index is 0.0819. The van der Waals surface area contributed by atoms with Crippen LogP contribution in [0.15, 0.2) is 12.3 Å². The molecule has 1 aromatic rings. The smallest absolute Gasteiger partial charge is 0.276 e. The third kappa shape index (κ3) is 2.62. The van der Waals surface area contributed by atoms with Gasteiger partial charge < -0.3 is 15.1 Å². The van der Waals surface area contributed by atoms with Gasteiger partial charge in [0.2, 0.25) is 0 Å². The highest BCUT2D eigenvalue weighted by Gasteiger charge is 2.20. The SMILES string of the molecule is CCN(CCO)C(=O)c1nccc(Cl)c1O. The van der Waals surface area contributed by atoms with E-state index < -0.39 is 5.91 Å². The molecule has 1 rings (SSSR count). The van der Waals surface area contributed by atoms with Crippen molar-refractivity contribution in [1.82, 2.24) is 9.88 Å². The molecule has 88 valence electrons.